The number of fused-ring (bicyclic) bond motifs is 1. The van der Waals surface area contributed by atoms with Crippen LogP contribution in [0, 0.1) is 0 Å². The molecule has 1 heterocycles. The van der Waals surface area contributed by atoms with E-state index in [9.17, 15) is 27.6 Å². The molecule has 5 rings (SSSR count). The number of rotatable bonds is 11. The number of aromatic amines is 1. The van der Waals surface area contributed by atoms with Gasteiger partial charge in [0.05, 0.1) is 24.9 Å². The normalized spacial score (nSPS) is 14.9. The predicted molar refractivity (Wildman–Crippen MR) is 170 cm³/mol. The molecule has 0 spiro atoms. The van der Waals surface area contributed by atoms with Gasteiger partial charge in [0.25, 0.3) is 0 Å². The maximum Gasteiger partial charge on any atom is 0.416 e. The number of aromatic nitrogens is 1. The monoisotopic (exact) mass is 650 g/mol. The second-order valence-corrected chi connectivity index (χ2v) is 11.6. The highest BCUT2D eigenvalue weighted by molar-refractivity contribution is 6.01. The third kappa shape index (κ3) is 7.29. The Morgan fingerprint density at radius 1 is 0.851 bits per heavy atom. The Morgan fingerprint density at radius 2 is 1.47 bits per heavy atom. The fourth-order valence-corrected chi connectivity index (χ4v) is 6.14. The van der Waals surface area contributed by atoms with Crippen molar-refractivity contribution in [3.63, 3.8) is 0 Å². The number of esters is 2. The molecule has 1 aliphatic carbocycles. The average molecular weight is 651 g/mol. The zero-order valence-electron chi connectivity index (χ0n) is 26.5. The fourth-order valence-electron chi connectivity index (χ4n) is 6.14. The lowest BCUT2D eigenvalue weighted by Gasteiger charge is -2.33. The van der Waals surface area contributed by atoms with Crippen LogP contribution < -0.4 is 10.1 Å². The molecule has 248 valence electrons. The van der Waals surface area contributed by atoms with Crippen LogP contribution in [0.1, 0.15) is 73.6 Å². The van der Waals surface area contributed by atoms with Gasteiger partial charge in [-0.3, -0.25) is 4.79 Å². The summed E-state index contributed by atoms with van der Waals surface area (Å²) in [5.74, 6) is -1.28. The predicted octanol–water partition coefficient (Wildman–Crippen LogP) is 7.49. The van der Waals surface area contributed by atoms with Crippen LogP contribution in [0.25, 0.3) is 22.0 Å². The van der Waals surface area contributed by atoms with E-state index in [0.717, 1.165) is 37.8 Å². The van der Waals surface area contributed by atoms with E-state index in [4.69, 9.17) is 14.2 Å². The van der Waals surface area contributed by atoms with Crippen molar-refractivity contribution in [2.45, 2.75) is 70.7 Å². The Labute approximate surface area is 270 Å². The molecule has 0 saturated heterocycles. The maximum absolute atomic E-state index is 13.9. The summed E-state index contributed by atoms with van der Waals surface area (Å²) in [4.78, 5) is 43.1. The standard InChI is InChI=1S/C36H37F3N2O6/c1-4-45-33(43)32-30(29-20-24(12-19-31(29)40-32)23-10-13-26(14-11-23)36(37,38)39)21-35(41-22(3)42,34(44)46-5-2)25-15-17-28(18-16-25)47-27-8-6-7-9-27/h10-20,27,40H,4-9,21H2,1-3H3,(H,41,42). The largest absolute Gasteiger partial charge is 0.490 e. The van der Waals surface area contributed by atoms with Gasteiger partial charge >= 0.3 is 18.1 Å². The van der Waals surface area contributed by atoms with Gasteiger partial charge in [-0.25, -0.2) is 9.59 Å². The average Bonchev–Trinajstić information content (AvgIpc) is 3.68. The first-order valence-electron chi connectivity index (χ1n) is 15.7. The summed E-state index contributed by atoms with van der Waals surface area (Å²) in [6.07, 6.45) is -0.442. The number of amides is 1. The number of ether oxygens (including phenoxy) is 3. The number of H-pyrrole nitrogens is 1. The topological polar surface area (TPSA) is 107 Å². The Morgan fingerprint density at radius 3 is 2.06 bits per heavy atom. The van der Waals surface area contributed by atoms with Crippen molar-refractivity contribution < 1.29 is 41.8 Å². The highest BCUT2D eigenvalue weighted by Crippen LogP contribution is 2.37. The number of benzene rings is 3. The van der Waals surface area contributed by atoms with Gasteiger partial charge in [-0.05, 0) is 98.2 Å². The van der Waals surface area contributed by atoms with E-state index in [-0.39, 0.29) is 31.4 Å². The zero-order valence-corrected chi connectivity index (χ0v) is 26.5. The lowest BCUT2D eigenvalue weighted by atomic mass is 9.82. The Bertz CT molecular complexity index is 1740. The van der Waals surface area contributed by atoms with Crippen LogP contribution >= 0.6 is 0 Å². The van der Waals surface area contributed by atoms with E-state index in [1.54, 1.807) is 56.3 Å². The van der Waals surface area contributed by atoms with Crippen molar-refractivity contribution in [2.24, 2.45) is 0 Å². The van der Waals surface area contributed by atoms with Crippen LogP contribution in [0.2, 0.25) is 0 Å². The number of carbonyl (C=O) groups excluding carboxylic acids is 3. The SMILES string of the molecule is CCOC(=O)c1[nH]c2ccc(-c3ccc(C(F)(F)F)cc3)cc2c1CC(NC(C)=O)(C(=O)OCC)c1ccc(OC2CCCC2)cc1. The number of carbonyl (C=O) groups is 3. The zero-order chi connectivity index (χ0) is 33.8. The smallest absolute Gasteiger partial charge is 0.416 e. The van der Waals surface area contributed by atoms with Gasteiger partial charge in [0.1, 0.15) is 11.4 Å². The van der Waals surface area contributed by atoms with Gasteiger partial charge in [-0.15, -0.1) is 0 Å². The van der Waals surface area contributed by atoms with Crippen molar-refractivity contribution in [1.29, 1.82) is 0 Å². The highest BCUT2D eigenvalue weighted by atomic mass is 19.4. The van der Waals surface area contributed by atoms with Crippen molar-refractivity contribution in [2.75, 3.05) is 13.2 Å². The number of hydrogen-bond acceptors (Lipinski definition) is 6. The number of alkyl halides is 3. The third-order valence-corrected chi connectivity index (χ3v) is 8.34. The van der Waals surface area contributed by atoms with Gasteiger partial charge in [-0.1, -0.05) is 30.3 Å². The minimum atomic E-state index is -4.48. The van der Waals surface area contributed by atoms with Crippen LogP contribution in [0.4, 0.5) is 13.2 Å². The van der Waals surface area contributed by atoms with Crippen LogP contribution in [-0.4, -0.2) is 42.1 Å². The Kier molecular flexibility index (Phi) is 9.93. The summed E-state index contributed by atoms with van der Waals surface area (Å²) in [5, 5.41) is 3.35. The first kappa shape index (κ1) is 33.6. The lowest BCUT2D eigenvalue weighted by molar-refractivity contribution is -0.153. The van der Waals surface area contributed by atoms with E-state index < -0.39 is 35.1 Å². The summed E-state index contributed by atoms with van der Waals surface area (Å²) in [6.45, 7) is 4.72. The van der Waals surface area contributed by atoms with E-state index in [2.05, 4.69) is 10.3 Å². The minimum Gasteiger partial charge on any atom is -0.490 e. The van der Waals surface area contributed by atoms with Crippen LogP contribution in [0.5, 0.6) is 5.75 Å². The second kappa shape index (κ2) is 13.9. The molecule has 1 unspecified atom stereocenters. The summed E-state index contributed by atoms with van der Waals surface area (Å²) < 4.78 is 56.7. The second-order valence-electron chi connectivity index (χ2n) is 11.6. The molecule has 1 amide bonds. The quantitative estimate of drug-likeness (QED) is 0.163. The summed E-state index contributed by atoms with van der Waals surface area (Å²) in [6, 6.07) is 16.8. The molecule has 1 aromatic heterocycles. The Hall–Kier alpha value is -4.80. The fraction of sp³-hybridized carbons (Fsp3) is 0.361. The molecule has 11 heteroatoms. The van der Waals surface area contributed by atoms with Gasteiger partial charge in [0, 0.05) is 24.2 Å². The molecule has 4 aromatic rings. The van der Waals surface area contributed by atoms with Gasteiger partial charge in [0.15, 0.2) is 5.54 Å². The maximum atomic E-state index is 13.9. The van der Waals surface area contributed by atoms with E-state index in [0.29, 0.717) is 38.9 Å². The lowest BCUT2D eigenvalue weighted by Crippen LogP contribution is -2.53. The molecule has 0 radical (unpaired) electrons. The van der Waals surface area contributed by atoms with E-state index in [1.807, 2.05) is 0 Å². The van der Waals surface area contributed by atoms with Crippen LogP contribution in [0.15, 0.2) is 66.7 Å². The number of hydrogen-bond donors (Lipinski definition) is 2. The van der Waals surface area contributed by atoms with Crippen molar-refractivity contribution in [1.82, 2.24) is 10.3 Å². The van der Waals surface area contributed by atoms with E-state index >= 15 is 0 Å². The summed E-state index contributed by atoms with van der Waals surface area (Å²) in [7, 11) is 0. The Balaban J connectivity index is 1.65. The van der Waals surface area contributed by atoms with Gasteiger partial charge in [0.2, 0.25) is 5.91 Å². The van der Waals surface area contributed by atoms with Crippen LogP contribution in [0.3, 0.4) is 0 Å². The van der Waals surface area contributed by atoms with Gasteiger partial charge in [-0.2, -0.15) is 13.2 Å². The molecule has 1 fully saturated rings. The van der Waals surface area contributed by atoms with Crippen molar-refractivity contribution >= 4 is 28.7 Å². The molecule has 1 aliphatic rings. The van der Waals surface area contributed by atoms with Crippen molar-refractivity contribution in [3.05, 3.63) is 89.1 Å². The minimum absolute atomic E-state index is 0.0275. The van der Waals surface area contributed by atoms with Crippen LogP contribution in [-0.2, 0) is 37.2 Å². The molecule has 3 aromatic carbocycles. The molecule has 47 heavy (non-hydrogen) atoms. The van der Waals surface area contributed by atoms with E-state index in [1.165, 1.54) is 19.1 Å². The van der Waals surface area contributed by atoms with Crippen molar-refractivity contribution in [3.8, 4) is 16.9 Å². The number of nitrogens with one attached hydrogen (secondary N) is 2. The number of halogens is 3. The third-order valence-electron chi connectivity index (χ3n) is 8.34. The summed E-state index contributed by atoms with van der Waals surface area (Å²) >= 11 is 0. The highest BCUT2D eigenvalue weighted by Gasteiger charge is 2.45. The first-order valence-corrected chi connectivity index (χ1v) is 15.7. The molecule has 1 saturated carbocycles. The molecule has 0 aliphatic heterocycles. The molecule has 8 nitrogen and oxygen atoms in total. The van der Waals surface area contributed by atoms with Gasteiger partial charge < -0.3 is 24.5 Å². The molecule has 2 N–H and O–H groups in total. The summed E-state index contributed by atoms with van der Waals surface area (Å²) in [5.41, 5.74) is -0.0744. The molecular formula is C36H37F3N2O6. The molecular weight excluding hydrogens is 613 g/mol. The molecule has 0 bridgehead atoms. The first-order chi connectivity index (χ1) is 22.4. The molecule has 1 atom stereocenters.